The average molecular weight is 1800 g/mol. The van der Waals surface area contributed by atoms with Crippen LogP contribution in [0, 0.1) is 0 Å². The molecule has 13 heteroatoms. The quantitative estimate of drug-likeness (QED) is 0.132. The smallest absolute Gasteiger partial charge is 0.235 e. The number of nitrogens with zero attached hydrogens (tertiary/aromatic N) is 11. The van der Waals surface area contributed by atoms with Crippen LogP contribution in [0.2, 0.25) is 0 Å². The van der Waals surface area contributed by atoms with E-state index in [1.165, 1.54) is 143 Å². The van der Waals surface area contributed by atoms with Gasteiger partial charge in [-0.3, -0.25) is 9.13 Å². The maximum Gasteiger partial charge on any atom is 0.235 e. The van der Waals surface area contributed by atoms with Gasteiger partial charge in [-0.2, -0.15) is 0 Å². The fourth-order valence-corrected chi connectivity index (χ4v) is 24.0. The van der Waals surface area contributed by atoms with Crippen LogP contribution >= 0.6 is 22.7 Å². The van der Waals surface area contributed by atoms with Crippen LogP contribution in [0.3, 0.4) is 0 Å². The second kappa shape index (κ2) is 31.9. The van der Waals surface area contributed by atoms with Crippen molar-refractivity contribution in [3.05, 3.63) is 455 Å². The number of rotatable bonds is 9. The zero-order valence-electron chi connectivity index (χ0n) is 74.0. The van der Waals surface area contributed by atoms with Crippen molar-refractivity contribution in [1.82, 2.24) is 53.2 Å². The molecule has 9 heterocycles. The molecule has 0 radical (unpaired) electrons. The Balaban J connectivity index is 0.000000103. The molecule has 0 aliphatic rings. The predicted molar refractivity (Wildman–Crippen MR) is 579 cm³/mol. The minimum atomic E-state index is 0.637. The number of thiophene rings is 2. The molecule has 138 heavy (non-hydrogen) atoms. The molecule has 0 fully saturated rings. The van der Waals surface area contributed by atoms with E-state index in [9.17, 15) is 0 Å². The molecule has 0 amide bonds. The fourth-order valence-electron chi connectivity index (χ4n) is 21.5. The van der Waals surface area contributed by atoms with Crippen LogP contribution in [0.5, 0.6) is 0 Å². The molecule has 21 aromatic carbocycles. The lowest BCUT2D eigenvalue weighted by atomic mass is 9.99. The number of fused-ring (bicyclic) bond motifs is 32. The van der Waals surface area contributed by atoms with Crippen molar-refractivity contribution in [3.63, 3.8) is 0 Å². The summed E-state index contributed by atoms with van der Waals surface area (Å²) in [6, 6.07) is 161. The zero-order chi connectivity index (χ0) is 90.6. The number of hydrogen-bond donors (Lipinski definition) is 0. The summed E-state index contributed by atoms with van der Waals surface area (Å²) >= 11 is 3.72. The third-order valence-corrected chi connectivity index (χ3v) is 29.9. The van der Waals surface area contributed by atoms with E-state index in [1.807, 2.05) is 89.4 Å². The van der Waals surface area contributed by atoms with Gasteiger partial charge in [-0.05, 0) is 140 Å². The van der Waals surface area contributed by atoms with Crippen molar-refractivity contribution in [2.45, 2.75) is 0 Å². The van der Waals surface area contributed by atoms with Gasteiger partial charge in [0.05, 0.1) is 76.0 Å². The standard InChI is InChI=1S/C49H31N5.C40H23N3S.C36H21N3S/c1-4-15-33(16-5-1)47-50-48(34-17-6-2-7-18-34)52-49(51-47)35-24-27-37(28-25-35)53-42-23-13-12-22-39(42)40-30-41-45(31-44(40)53)54(36-19-8-3-9-20-36)43-29-26-32-14-10-11-21-38(32)46(41)43;1-2-13-25(14-3-1)37-36-26-15-5-4-12-24(26)22-23-31(36)41-40(42-37)43-32-20-10-8-18-29(32)34-27-16-6-7-17-28(27)35-30-19-9-11-21-33(30)44-39(35)38(34)43;1-2-12-22(13-3-1)33-25-16-6-9-19-28(25)37-36(38-33)39-29-20-10-7-17-26(29)31-23-14-4-5-15-24(23)32-27-18-8-11-21-30(27)40-35(32)34(31)39/h1-31H;1-23H;1-21H. The van der Waals surface area contributed by atoms with E-state index in [2.05, 4.69) is 407 Å². The maximum absolute atomic E-state index is 5.46. The van der Waals surface area contributed by atoms with Crippen molar-refractivity contribution < 1.29 is 0 Å². The SMILES string of the molecule is c1ccc(-c2nc(-c3ccccc3)nc(-c3ccc(-n4c5ccccc5c5cc6c7c8ccccc8ccc7n(-c7ccccc7)c6cc54)cc3)n2)cc1.c1ccc(-c2nc(-n3c4ccccc4c4c5ccccc5c5c6ccccc6sc5c43)nc3ccc4ccccc4c23)cc1.c1ccc(-c2nc(-n3c4ccccc4c4c5ccccc5c5c6ccccc6sc5c43)nc3ccccc23)cc1. The van der Waals surface area contributed by atoms with E-state index in [0.717, 1.165) is 99.8 Å². The van der Waals surface area contributed by atoms with Crippen molar-refractivity contribution in [1.29, 1.82) is 0 Å². The topological polar surface area (TPSA) is 110 Å². The van der Waals surface area contributed by atoms with Gasteiger partial charge in [0.15, 0.2) is 17.5 Å². The Bertz CT molecular complexity index is 10200. The molecule has 0 saturated carbocycles. The molecule has 0 unspecified atom stereocenters. The van der Waals surface area contributed by atoms with Gasteiger partial charge in [-0.15, -0.1) is 22.7 Å². The van der Waals surface area contributed by atoms with Crippen molar-refractivity contribution in [2.75, 3.05) is 0 Å². The number of aromatic nitrogens is 11. The summed E-state index contributed by atoms with van der Waals surface area (Å²) < 4.78 is 14.5. The van der Waals surface area contributed by atoms with Crippen LogP contribution in [-0.4, -0.2) is 53.2 Å². The highest BCUT2D eigenvalue weighted by atomic mass is 32.1. The molecule has 0 aliphatic heterocycles. The van der Waals surface area contributed by atoms with Crippen LogP contribution < -0.4 is 0 Å². The predicted octanol–water partition coefficient (Wildman–Crippen LogP) is 33.2. The first-order chi connectivity index (χ1) is 68.5. The summed E-state index contributed by atoms with van der Waals surface area (Å²) in [5.74, 6) is 3.32. The summed E-state index contributed by atoms with van der Waals surface area (Å²) in [7, 11) is 0. The van der Waals surface area contributed by atoms with Crippen LogP contribution in [-0.2, 0) is 0 Å². The van der Waals surface area contributed by atoms with Crippen LogP contribution in [0.15, 0.2) is 455 Å². The second-order valence-corrected chi connectivity index (χ2v) is 37.3. The van der Waals surface area contributed by atoms with Gasteiger partial charge in [0.1, 0.15) is 0 Å². The van der Waals surface area contributed by atoms with E-state index >= 15 is 0 Å². The van der Waals surface area contributed by atoms with Gasteiger partial charge < -0.3 is 9.13 Å². The first-order valence-electron chi connectivity index (χ1n) is 46.5. The number of hydrogen-bond acceptors (Lipinski definition) is 9. The minimum Gasteiger partial charge on any atom is -0.309 e. The van der Waals surface area contributed by atoms with E-state index in [4.69, 9.17) is 34.9 Å². The second-order valence-electron chi connectivity index (χ2n) is 35.2. The lowest BCUT2D eigenvalue weighted by Crippen LogP contribution is -2.04. The fraction of sp³-hybridized carbons (Fsp3) is 0. The molecule has 0 saturated heterocycles. The monoisotopic (exact) mass is 1790 g/mol. The Kier molecular flexibility index (Phi) is 18.2. The molecule has 30 aromatic rings. The molecule has 0 bridgehead atoms. The summed E-state index contributed by atoms with van der Waals surface area (Å²) in [5, 5.41) is 27.1. The van der Waals surface area contributed by atoms with Crippen LogP contribution in [0.4, 0.5) is 0 Å². The average Bonchev–Trinajstić information content (AvgIpc) is 1.53. The Morgan fingerprint density at radius 1 is 0.174 bits per heavy atom. The Hall–Kier alpha value is -18.0. The molecular weight excluding hydrogens is 1720 g/mol. The van der Waals surface area contributed by atoms with E-state index in [-0.39, 0.29) is 0 Å². The lowest BCUT2D eigenvalue weighted by Gasteiger charge is -2.14. The lowest BCUT2D eigenvalue weighted by molar-refractivity contribution is 1.02. The molecule has 642 valence electrons. The van der Waals surface area contributed by atoms with E-state index < -0.39 is 0 Å². The summed E-state index contributed by atoms with van der Waals surface area (Å²) in [6.45, 7) is 0. The van der Waals surface area contributed by atoms with E-state index in [1.54, 1.807) is 0 Å². The summed E-state index contributed by atoms with van der Waals surface area (Å²) in [4.78, 5) is 36.2. The molecule has 0 aliphatic carbocycles. The first kappa shape index (κ1) is 78.6. The minimum absolute atomic E-state index is 0.637. The third-order valence-electron chi connectivity index (χ3n) is 27.5. The van der Waals surface area contributed by atoms with Crippen LogP contribution in [0.25, 0.3) is 272 Å². The Labute approximate surface area is 797 Å². The van der Waals surface area contributed by atoms with Gasteiger partial charge in [0.2, 0.25) is 11.9 Å². The largest absolute Gasteiger partial charge is 0.309 e. The van der Waals surface area contributed by atoms with Gasteiger partial charge in [0.25, 0.3) is 0 Å². The maximum atomic E-state index is 5.46. The van der Waals surface area contributed by atoms with E-state index in [0.29, 0.717) is 29.4 Å². The zero-order valence-corrected chi connectivity index (χ0v) is 75.7. The molecule has 9 aromatic heterocycles. The van der Waals surface area contributed by atoms with Gasteiger partial charge >= 0.3 is 0 Å². The van der Waals surface area contributed by atoms with Crippen molar-refractivity contribution in [2.24, 2.45) is 0 Å². The van der Waals surface area contributed by atoms with Crippen LogP contribution in [0.1, 0.15) is 0 Å². The molecule has 0 N–H and O–H groups in total. The van der Waals surface area contributed by atoms with Crippen molar-refractivity contribution >= 4 is 215 Å². The molecule has 0 atom stereocenters. The van der Waals surface area contributed by atoms with Gasteiger partial charge in [-0.1, -0.05) is 358 Å². The molecular formula is C125H75N11S2. The third kappa shape index (κ3) is 12.5. The first-order valence-corrected chi connectivity index (χ1v) is 48.1. The molecule has 0 spiro atoms. The molecule has 30 rings (SSSR count). The Morgan fingerprint density at radius 2 is 0.536 bits per heavy atom. The Morgan fingerprint density at radius 3 is 1.07 bits per heavy atom. The van der Waals surface area contributed by atoms with Gasteiger partial charge in [-0.25, -0.2) is 34.9 Å². The van der Waals surface area contributed by atoms with Crippen molar-refractivity contribution in [3.8, 4) is 79.9 Å². The normalized spacial score (nSPS) is 11.9. The summed E-state index contributed by atoms with van der Waals surface area (Å²) in [5.41, 5.74) is 20.2. The highest BCUT2D eigenvalue weighted by Gasteiger charge is 2.29. The number of benzene rings is 21. The highest BCUT2D eigenvalue weighted by Crippen LogP contribution is 2.52. The molecule has 11 nitrogen and oxygen atoms in total. The van der Waals surface area contributed by atoms with Gasteiger partial charge in [0, 0.05) is 124 Å². The summed E-state index contributed by atoms with van der Waals surface area (Å²) in [6.07, 6.45) is 0. The number of para-hydroxylation sites is 5. The highest BCUT2D eigenvalue weighted by molar-refractivity contribution is 7.27.